The molecule has 0 aliphatic heterocycles. The molecular weight excluding hydrogens is 725 g/mol. The third kappa shape index (κ3) is 12.8. The van der Waals surface area contributed by atoms with Gasteiger partial charge in [-0.3, -0.25) is 0 Å². The van der Waals surface area contributed by atoms with E-state index >= 15 is 0 Å². The van der Waals surface area contributed by atoms with Crippen molar-refractivity contribution in [2.24, 2.45) is 0 Å². The molecule has 0 radical (unpaired) electrons. The van der Waals surface area contributed by atoms with Crippen molar-refractivity contribution >= 4 is 108 Å². The Labute approximate surface area is 275 Å². The van der Waals surface area contributed by atoms with Gasteiger partial charge in [-0.25, -0.2) is 4.79 Å². The molecule has 0 fully saturated rings. The molecule has 250 valence electrons. The van der Waals surface area contributed by atoms with Gasteiger partial charge in [0.05, 0.1) is 6.61 Å². The predicted octanol–water partition coefficient (Wildman–Crippen LogP) is 0.370. The molecule has 0 atom stereocenters. The average molecular weight is 786 g/mol. The zero-order valence-electron chi connectivity index (χ0n) is 28.9. The molecule has 11 nitrogen and oxygen atoms in total. The number of esters is 1. The molecule has 0 spiro atoms. The highest BCUT2D eigenvalue weighted by Gasteiger charge is 2.79. The van der Waals surface area contributed by atoms with Crippen LogP contribution in [0.25, 0.3) is 0 Å². The average Bonchev–Trinajstić information content (AvgIpc) is 2.81. The van der Waals surface area contributed by atoms with Gasteiger partial charge in [0, 0.05) is 18.5 Å². The molecule has 0 N–H and O–H groups in total. The molecule has 0 heterocycles. The first-order valence-corrected chi connectivity index (χ1v) is 39.5. The van der Waals surface area contributed by atoms with E-state index in [2.05, 4.69) is 85.1 Å². The Bertz CT molecular complexity index is 751. The molecular formula is C20H60O11Si11. The number of hydrogen-bond donors (Lipinski definition) is 0. The molecule has 0 aliphatic rings. The van der Waals surface area contributed by atoms with Gasteiger partial charge in [-0.15, -0.1) is 0 Å². The lowest BCUT2D eigenvalue weighted by Crippen LogP contribution is -2.84. The van der Waals surface area contributed by atoms with Crippen LogP contribution in [0, 0.1) is 0 Å². The van der Waals surface area contributed by atoms with Crippen LogP contribution in [-0.4, -0.2) is 119 Å². The fourth-order valence-electron chi connectivity index (χ4n) is 4.66. The smallest absolute Gasteiger partial charge is 0.462 e. The van der Waals surface area contributed by atoms with Crippen molar-refractivity contribution in [1.82, 2.24) is 0 Å². The third-order valence-electron chi connectivity index (χ3n) is 5.37. The highest BCUT2D eigenvalue weighted by atomic mass is 28.5. The van der Waals surface area contributed by atoms with Crippen LogP contribution >= 0.6 is 0 Å². The maximum Gasteiger partial charge on any atom is 0.505 e. The van der Waals surface area contributed by atoms with Crippen LogP contribution in [0.15, 0.2) is 12.2 Å². The largest absolute Gasteiger partial charge is 0.505 e. The van der Waals surface area contributed by atoms with Gasteiger partial charge < -0.3 is 42.1 Å². The molecule has 0 aromatic rings. The highest BCUT2D eigenvalue weighted by Crippen LogP contribution is 2.44. The first-order valence-electron chi connectivity index (χ1n) is 15.1. The number of rotatable bonds is 24. The van der Waals surface area contributed by atoms with Crippen molar-refractivity contribution in [3.8, 4) is 0 Å². The topological polar surface area (TPSA) is 109 Å². The lowest BCUT2D eigenvalue weighted by Gasteiger charge is -2.55. The Morgan fingerprint density at radius 2 is 0.952 bits per heavy atom. The number of carbonyl (C=O) groups is 1. The summed E-state index contributed by atoms with van der Waals surface area (Å²) in [6.07, 6.45) is 0.158. The van der Waals surface area contributed by atoms with Crippen LogP contribution in [0.1, 0.15) is 13.3 Å². The second-order valence-electron chi connectivity index (χ2n) is 11.6. The fourth-order valence-corrected chi connectivity index (χ4v) is 44.7. The molecule has 22 heteroatoms. The number of ether oxygens (including phenoxy) is 1. The quantitative estimate of drug-likeness (QED) is 0.0771. The van der Waals surface area contributed by atoms with Crippen LogP contribution in [0.2, 0.25) is 85.1 Å². The van der Waals surface area contributed by atoms with Gasteiger partial charge in [0.15, 0.2) is 21.5 Å². The summed E-state index contributed by atoms with van der Waals surface area (Å²) >= 11 is 0. The van der Waals surface area contributed by atoms with Gasteiger partial charge in [0.2, 0.25) is 0 Å². The van der Waals surface area contributed by atoms with Gasteiger partial charge in [-0.1, -0.05) is 45.9 Å². The van der Waals surface area contributed by atoms with Gasteiger partial charge in [0.25, 0.3) is 0 Å². The Hall–Kier alpha value is 1.24. The summed E-state index contributed by atoms with van der Waals surface area (Å²) in [4.78, 5) is 11.2. The van der Waals surface area contributed by atoms with E-state index in [0.29, 0.717) is 5.57 Å². The molecule has 0 amide bonds. The maximum absolute atomic E-state index is 12.6. The molecule has 0 bridgehead atoms. The van der Waals surface area contributed by atoms with E-state index in [4.69, 9.17) is 42.1 Å². The summed E-state index contributed by atoms with van der Waals surface area (Å²) in [5.74, 6) is -0.482. The van der Waals surface area contributed by atoms with Crippen molar-refractivity contribution < 1.29 is 46.9 Å². The van der Waals surface area contributed by atoms with E-state index in [0.717, 1.165) is 0 Å². The third-order valence-corrected chi connectivity index (χ3v) is 34.9. The Balaban J connectivity index is 8.07. The standard InChI is InChI=1S/C20H60O11Si11/c1-18(2)19(21)22-17-16-20(41(24-32-3,25-33-4)26-34-5,42(27-35-6,28-36-7)29-37-8)23-40(15,30-38(9,10)11)31-39(12,13)14/h1,16-17,32-37H2,2-15H3. The minimum atomic E-state index is -3.77. The molecule has 0 unspecified atom stereocenters. The van der Waals surface area contributed by atoms with Crippen LogP contribution < -0.4 is 0 Å². The van der Waals surface area contributed by atoms with Crippen molar-refractivity contribution in [3.63, 3.8) is 0 Å². The molecule has 0 saturated carbocycles. The zero-order valence-corrected chi connectivity index (χ0v) is 42.3. The summed E-state index contributed by atoms with van der Waals surface area (Å²) in [5.41, 5.74) is 0.315. The van der Waals surface area contributed by atoms with Gasteiger partial charge in [-0.2, -0.15) is 0 Å². The van der Waals surface area contributed by atoms with Crippen molar-refractivity contribution in [1.29, 1.82) is 0 Å². The van der Waals surface area contributed by atoms with Gasteiger partial charge >= 0.3 is 32.4 Å². The van der Waals surface area contributed by atoms with Crippen LogP contribution in [0.5, 0.6) is 0 Å². The predicted molar refractivity (Wildman–Crippen MR) is 199 cm³/mol. The Morgan fingerprint density at radius 1 is 0.643 bits per heavy atom. The van der Waals surface area contributed by atoms with E-state index in [9.17, 15) is 4.79 Å². The molecule has 0 rings (SSSR count). The Morgan fingerprint density at radius 3 is 1.19 bits per heavy atom. The lowest BCUT2D eigenvalue weighted by molar-refractivity contribution is -0.140. The molecule has 0 saturated heterocycles. The summed E-state index contributed by atoms with van der Waals surface area (Å²) in [6, 6.07) is 0. The van der Waals surface area contributed by atoms with E-state index in [1.54, 1.807) is 6.92 Å². The summed E-state index contributed by atoms with van der Waals surface area (Å²) in [7, 11) is -22.0. The second kappa shape index (κ2) is 19.2. The van der Waals surface area contributed by atoms with E-state index < -0.39 is 112 Å². The van der Waals surface area contributed by atoms with Crippen molar-refractivity contribution in [2.75, 3.05) is 6.61 Å². The van der Waals surface area contributed by atoms with Crippen LogP contribution in [0.3, 0.4) is 0 Å². The summed E-state index contributed by atoms with van der Waals surface area (Å²) < 4.78 is 68.0. The van der Waals surface area contributed by atoms with Crippen molar-refractivity contribution in [2.45, 2.75) is 103 Å². The number of carbonyl (C=O) groups excluding carboxylic acids is 1. The molecule has 42 heavy (non-hydrogen) atoms. The number of hydrogen-bond acceptors (Lipinski definition) is 11. The highest BCUT2D eigenvalue weighted by molar-refractivity contribution is 6.94. The van der Waals surface area contributed by atoms with E-state index in [-0.39, 0.29) is 13.0 Å². The SMILES string of the molecule is C=C(C)C(=O)OCCC(O[Si](C)(O[Si](C)(C)C)O[Si](C)(C)C)([Si](O[SiH2]C)(O[SiH2]C)O[SiH2]C)[Si](O[SiH2]C)(O[SiH2]C)O[SiH2]C. The maximum atomic E-state index is 12.6. The summed E-state index contributed by atoms with van der Waals surface area (Å²) in [6.45, 7) is 32.5. The Kier molecular flexibility index (Phi) is 19.7. The zero-order chi connectivity index (χ0) is 32.9. The first-order chi connectivity index (χ1) is 19.3. The van der Waals surface area contributed by atoms with E-state index in [1.807, 2.05) is 6.55 Å². The van der Waals surface area contributed by atoms with Gasteiger partial charge in [-0.05, 0) is 46.2 Å². The van der Waals surface area contributed by atoms with Crippen LogP contribution in [-0.2, 0) is 46.9 Å². The summed E-state index contributed by atoms with van der Waals surface area (Å²) in [5, 5.41) is 0. The fraction of sp³-hybridized carbons (Fsp3) is 0.850. The second-order valence-corrected chi connectivity index (χ2v) is 38.3. The first kappa shape index (κ1) is 43.2. The molecule has 0 aliphatic carbocycles. The van der Waals surface area contributed by atoms with Gasteiger partial charge in [0.1, 0.15) is 58.6 Å². The van der Waals surface area contributed by atoms with E-state index in [1.165, 1.54) is 0 Å². The molecule has 0 aromatic carbocycles. The molecule has 0 aromatic heterocycles. The van der Waals surface area contributed by atoms with Crippen molar-refractivity contribution in [3.05, 3.63) is 12.2 Å². The minimum Gasteiger partial charge on any atom is -0.462 e. The lowest BCUT2D eigenvalue weighted by atomic mass is 10.4. The van der Waals surface area contributed by atoms with Crippen LogP contribution in [0.4, 0.5) is 0 Å². The monoisotopic (exact) mass is 784 g/mol. The minimum absolute atomic E-state index is 0.00462. The normalized spacial score (nSPS) is 19.0.